The molecular formula is C14H21NO2S. The molecule has 0 bridgehead atoms. The lowest BCUT2D eigenvalue weighted by atomic mass is 9.93. The van der Waals surface area contributed by atoms with Gasteiger partial charge in [0.15, 0.2) is 0 Å². The molecule has 1 saturated carbocycles. The average Bonchev–Trinajstić information content (AvgIpc) is 2.77. The van der Waals surface area contributed by atoms with E-state index in [1.54, 1.807) is 11.3 Å². The second kappa shape index (κ2) is 5.49. The largest absolute Gasteiger partial charge is 0.371 e. The number of carbonyl (C=O) groups is 1. The van der Waals surface area contributed by atoms with E-state index in [0.29, 0.717) is 25.2 Å². The second-order valence-electron chi connectivity index (χ2n) is 5.93. The standard InChI is InChI=1S/C14H21NO2S/c1-14(2,3)12-9-18-13(15-12)8-17-11-6-4-10(16)5-7-11/h9,11H,4-8H2,1-3H3. The van der Waals surface area contributed by atoms with Crippen molar-refractivity contribution in [1.29, 1.82) is 0 Å². The smallest absolute Gasteiger partial charge is 0.133 e. The normalized spacial score (nSPS) is 18.3. The Morgan fingerprint density at radius 1 is 1.39 bits per heavy atom. The lowest BCUT2D eigenvalue weighted by Crippen LogP contribution is -2.21. The van der Waals surface area contributed by atoms with Crippen LogP contribution in [0.3, 0.4) is 0 Å². The zero-order valence-electron chi connectivity index (χ0n) is 11.4. The number of hydrogen-bond donors (Lipinski definition) is 0. The molecule has 3 nitrogen and oxygen atoms in total. The van der Waals surface area contributed by atoms with Crippen molar-refractivity contribution in [3.05, 3.63) is 16.1 Å². The number of ether oxygens (including phenoxy) is 1. The number of nitrogens with zero attached hydrogens (tertiary/aromatic N) is 1. The summed E-state index contributed by atoms with van der Waals surface area (Å²) in [4.78, 5) is 15.7. The first-order chi connectivity index (χ1) is 8.45. The van der Waals surface area contributed by atoms with Crippen molar-refractivity contribution < 1.29 is 9.53 Å². The Hall–Kier alpha value is -0.740. The van der Waals surface area contributed by atoms with Crippen LogP contribution in [0.15, 0.2) is 5.38 Å². The number of hydrogen-bond acceptors (Lipinski definition) is 4. The fourth-order valence-electron chi connectivity index (χ4n) is 1.99. The number of aromatic nitrogens is 1. The number of rotatable bonds is 3. The first-order valence-corrected chi connectivity index (χ1v) is 7.41. The SMILES string of the molecule is CC(C)(C)c1csc(COC2CCC(=O)CC2)n1. The Bertz CT molecular complexity index is 410. The third-order valence-corrected chi connectivity index (χ3v) is 4.08. The quantitative estimate of drug-likeness (QED) is 0.841. The van der Waals surface area contributed by atoms with Crippen LogP contribution in [-0.2, 0) is 21.6 Å². The van der Waals surface area contributed by atoms with Gasteiger partial charge < -0.3 is 4.74 Å². The predicted molar refractivity (Wildman–Crippen MR) is 72.9 cm³/mol. The van der Waals surface area contributed by atoms with Crippen molar-refractivity contribution in [2.75, 3.05) is 0 Å². The summed E-state index contributed by atoms with van der Waals surface area (Å²) in [6, 6.07) is 0. The molecule has 1 heterocycles. The summed E-state index contributed by atoms with van der Waals surface area (Å²) in [6.07, 6.45) is 3.34. The zero-order chi connectivity index (χ0) is 13.2. The van der Waals surface area contributed by atoms with E-state index in [2.05, 4.69) is 31.1 Å². The van der Waals surface area contributed by atoms with Crippen LogP contribution in [0, 0.1) is 0 Å². The third-order valence-electron chi connectivity index (χ3n) is 3.25. The van der Waals surface area contributed by atoms with Gasteiger partial charge in [-0.05, 0) is 12.8 Å². The highest BCUT2D eigenvalue weighted by Crippen LogP contribution is 2.25. The van der Waals surface area contributed by atoms with Crippen molar-refractivity contribution in [3.63, 3.8) is 0 Å². The molecule has 1 aromatic rings. The van der Waals surface area contributed by atoms with Crippen molar-refractivity contribution >= 4 is 17.1 Å². The van der Waals surface area contributed by atoms with E-state index >= 15 is 0 Å². The molecule has 18 heavy (non-hydrogen) atoms. The monoisotopic (exact) mass is 267 g/mol. The van der Waals surface area contributed by atoms with Crippen LogP contribution in [0.5, 0.6) is 0 Å². The van der Waals surface area contributed by atoms with E-state index in [-0.39, 0.29) is 11.5 Å². The maximum Gasteiger partial charge on any atom is 0.133 e. The van der Waals surface area contributed by atoms with E-state index in [1.807, 2.05) is 0 Å². The Morgan fingerprint density at radius 3 is 2.61 bits per heavy atom. The molecule has 0 spiro atoms. The van der Waals surface area contributed by atoms with Gasteiger partial charge in [-0.2, -0.15) is 0 Å². The van der Waals surface area contributed by atoms with E-state index < -0.39 is 0 Å². The summed E-state index contributed by atoms with van der Waals surface area (Å²) >= 11 is 1.66. The average molecular weight is 267 g/mol. The fourth-order valence-corrected chi connectivity index (χ4v) is 2.93. The van der Waals surface area contributed by atoms with Crippen LogP contribution in [0.25, 0.3) is 0 Å². The zero-order valence-corrected chi connectivity index (χ0v) is 12.2. The molecule has 100 valence electrons. The lowest BCUT2D eigenvalue weighted by molar-refractivity contribution is -0.123. The minimum Gasteiger partial charge on any atom is -0.371 e. The van der Waals surface area contributed by atoms with Gasteiger partial charge in [0.05, 0.1) is 18.4 Å². The highest BCUT2D eigenvalue weighted by atomic mass is 32.1. The van der Waals surface area contributed by atoms with Gasteiger partial charge in [-0.3, -0.25) is 4.79 Å². The molecule has 4 heteroatoms. The van der Waals surface area contributed by atoms with Gasteiger partial charge in [0.1, 0.15) is 10.8 Å². The predicted octanol–water partition coefficient (Wildman–Crippen LogP) is 3.47. The molecule has 0 unspecified atom stereocenters. The minimum atomic E-state index is 0.103. The summed E-state index contributed by atoms with van der Waals surface area (Å²) in [5.41, 5.74) is 1.23. The molecular weight excluding hydrogens is 246 g/mol. The van der Waals surface area contributed by atoms with Crippen LogP contribution >= 0.6 is 11.3 Å². The number of carbonyl (C=O) groups excluding carboxylic acids is 1. The van der Waals surface area contributed by atoms with Crippen molar-refractivity contribution in [3.8, 4) is 0 Å². The van der Waals surface area contributed by atoms with E-state index in [4.69, 9.17) is 4.74 Å². The second-order valence-corrected chi connectivity index (χ2v) is 6.87. The Morgan fingerprint density at radius 2 is 2.06 bits per heavy atom. The van der Waals surface area contributed by atoms with Gasteiger partial charge in [-0.1, -0.05) is 20.8 Å². The molecule has 0 radical (unpaired) electrons. The first kappa shape index (κ1) is 13.7. The maximum atomic E-state index is 11.1. The molecule has 1 aromatic heterocycles. The van der Waals surface area contributed by atoms with Gasteiger partial charge in [-0.15, -0.1) is 11.3 Å². The van der Waals surface area contributed by atoms with Crippen molar-refractivity contribution in [2.45, 2.75) is 64.6 Å². The molecule has 0 atom stereocenters. The summed E-state index contributed by atoms with van der Waals surface area (Å²) < 4.78 is 5.84. The van der Waals surface area contributed by atoms with Gasteiger partial charge in [0, 0.05) is 23.6 Å². The molecule has 0 aliphatic heterocycles. The first-order valence-electron chi connectivity index (χ1n) is 6.53. The minimum absolute atomic E-state index is 0.103. The topological polar surface area (TPSA) is 39.2 Å². The molecule has 1 fully saturated rings. The molecule has 1 aliphatic rings. The maximum absolute atomic E-state index is 11.1. The van der Waals surface area contributed by atoms with E-state index in [9.17, 15) is 4.79 Å². The Balaban J connectivity index is 1.83. The summed E-state index contributed by atoms with van der Waals surface area (Å²) in [7, 11) is 0. The number of Topliss-reactive ketones (excluding diaryl/α,β-unsaturated/α-hetero) is 1. The number of ketones is 1. The highest BCUT2D eigenvalue weighted by Gasteiger charge is 2.21. The molecule has 0 aromatic carbocycles. The summed E-state index contributed by atoms with van der Waals surface area (Å²) in [6.45, 7) is 7.08. The highest BCUT2D eigenvalue weighted by molar-refractivity contribution is 7.09. The van der Waals surface area contributed by atoms with Gasteiger partial charge in [0.25, 0.3) is 0 Å². The van der Waals surface area contributed by atoms with Crippen molar-refractivity contribution in [2.24, 2.45) is 0 Å². The Labute approximate surface area is 113 Å². The molecule has 0 saturated heterocycles. The Kier molecular flexibility index (Phi) is 4.17. The van der Waals surface area contributed by atoms with Gasteiger partial charge >= 0.3 is 0 Å². The van der Waals surface area contributed by atoms with Gasteiger partial charge in [-0.25, -0.2) is 4.98 Å². The summed E-state index contributed by atoms with van der Waals surface area (Å²) in [5, 5.41) is 3.15. The van der Waals surface area contributed by atoms with Crippen LogP contribution in [0.4, 0.5) is 0 Å². The molecule has 0 N–H and O–H groups in total. The van der Waals surface area contributed by atoms with E-state index in [1.165, 1.54) is 0 Å². The van der Waals surface area contributed by atoms with E-state index in [0.717, 1.165) is 23.5 Å². The van der Waals surface area contributed by atoms with Crippen LogP contribution in [0.2, 0.25) is 0 Å². The fraction of sp³-hybridized carbons (Fsp3) is 0.714. The number of thiazole rings is 1. The molecule has 2 rings (SSSR count). The van der Waals surface area contributed by atoms with Crippen LogP contribution in [-0.4, -0.2) is 16.9 Å². The van der Waals surface area contributed by atoms with Gasteiger partial charge in [0.2, 0.25) is 0 Å². The van der Waals surface area contributed by atoms with Crippen LogP contribution < -0.4 is 0 Å². The molecule has 0 amide bonds. The third kappa shape index (κ3) is 3.62. The van der Waals surface area contributed by atoms with Crippen molar-refractivity contribution in [1.82, 2.24) is 4.98 Å². The van der Waals surface area contributed by atoms with Crippen LogP contribution in [0.1, 0.15) is 57.2 Å². The lowest BCUT2D eigenvalue weighted by Gasteiger charge is -2.20. The molecule has 1 aliphatic carbocycles. The summed E-state index contributed by atoms with van der Waals surface area (Å²) in [5.74, 6) is 0.374.